The molecule has 0 atom stereocenters. The number of hydrogen-bond acceptors (Lipinski definition) is 3. The summed E-state index contributed by atoms with van der Waals surface area (Å²) in [5, 5.41) is 18.7. The number of rotatable bonds is 2. The Hall–Kier alpha value is -2.33. The van der Waals surface area contributed by atoms with Crippen molar-refractivity contribution in [3.8, 4) is 32.4 Å². The number of aryl methyl sites for hydroxylation is 1. The summed E-state index contributed by atoms with van der Waals surface area (Å²) in [5.41, 5.74) is 2.46. The first-order valence-electron chi connectivity index (χ1n) is 6.43. The monoisotopic (exact) mass is 300 g/mol. The molecule has 0 aliphatic carbocycles. The first kappa shape index (κ1) is 13.6. The van der Waals surface area contributed by atoms with Crippen LogP contribution in [0, 0.1) is 12.7 Å². The third-order valence-corrected chi connectivity index (χ3v) is 4.45. The van der Waals surface area contributed by atoms with Crippen LogP contribution >= 0.6 is 11.3 Å². The zero-order valence-electron chi connectivity index (χ0n) is 11.3. The van der Waals surface area contributed by atoms with Crippen LogP contribution in [0.4, 0.5) is 4.39 Å². The average Bonchev–Trinajstić information content (AvgIpc) is 2.87. The molecule has 2 nitrogen and oxygen atoms in total. The van der Waals surface area contributed by atoms with Crippen LogP contribution in [0.5, 0.6) is 11.5 Å². The van der Waals surface area contributed by atoms with Crippen molar-refractivity contribution in [2.24, 2.45) is 0 Å². The van der Waals surface area contributed by atoms with Gasteiger partial charge in [-0.3, -0.25) is 0 Å². The zero-order valence-corrected chi connectivity index (χ0v) is 12.1. The predicted molar refractivity (Wildman–Crippen MR) is 83.2 cm³/mol. The third kappa shape index (κ3) is 2.62. The molecule has 4 heteroatoms. The Kier molecular flexibility index (Phi) is 3.39. The van der Waals surface area contributed by atoms with Gasteiger partial charge in [0.05, 0.1) is 0 Å². The summed E-state index contributed by atoms with van der Waals surface area (Å²) in [5.74, 6) is -0.286. The Labute approximate surface area is 125 Å². The number of phenols is 2. The molecule has 1 heterocycles. The number of halogens is 1. The van der Waals surface area contributed by atoms with Crippen LogP contribution in [0.1, 0.15) is 5.56 Å². The van der Waals surface area contributed by atoms with Crippen molar-refractivity contribution in [2.75, 3.05) is 0 Å². The van der Waals surface area contributed by atoms with Crippen LogP contribution in [-0.2, 0) is 0 Å². The quantitative estimate of drug-likeness (QED) is 0.703. The second-order valence-electron chi connectivity index (χ2n) is 4.83. The molecule has 0 spiro atoms. The fourth-order valence-corrected chi connectivity index (χ4v) is 3.38. The molecule has 3 aromatic rings. The first-order chi connectivity index (χ1) is 10.0. The minimum Gasteiger partial charge on any atom is -0.508 e. The fraction of sp³-hybridized carbons (Fsp3) is 0.0588. The fourth-order valence-electron chi connectivity index (χ4n) is 2.26. The largest absolute Gasteiger partial charge is 0.508 e. The molecular formula is C17H13FO2S. The standard InChI is InChI=1S/C17H13FO2S/c1-10-8-11(19)2-4-13(10)16-6-7-17(21-16)14-5-3-12(20)9-15(14)18/h2-9,19-20H,1H3. The van der Waals surface area contributed by atoms with Crippen LogP contribution in [0.3, 0.4) is 0 Å². The molecule has 21 heavy (non-hydrogen) atoms. The Morgan fingerprint density at radius 3 is 2.00 bits per heavy atom. The first-order valence-corrected chi connectivity index (χ1v) is 7.25. The maximum absolute atomic E-state index is 13.9. The van der Waals surface area contributed by atoms with E-state index in [1.165, 1.54) is 17.4 Å². The lowest BCUT2D eigenvalue weighted by Crippen LogP contribution is -1.80. The molecule has 0 aliphatic heterocycles. The molecule has 106 valence electrons. The SMILES string of the molecule is Cc1cc(O)ccc1-c1ccc(-c2ccc(O)cc2F)s1. The van der Waals surface area contributed by atoms with Gasteiger partial charge in [0.1, 0.15) is 17.3 Å². The molecule has 0 fully saturated rings. The Morgan fingerprint density at radius 1 is 0.810 bits per heavy atom. The van der Waals surface area contributed by atoms with Crippen LogP contribution in [0.25, 0.3) is 20.9 Å². The summed E-state index contributed by atoms with van der Waals surface area (Å²) >= 11 is 1.48. The molecule has 3 rings (SSSR count). The lowest BCUT2D eigenvalue weighted by molar-refractivity contribution is 0.469. The third-order valence-electron chi connectivity index (χ3n) is 3.30. The van der Waals surface area contributed by atoms with Gasteiger partial charge in [0.15, 0.2) is 0 Å². The van der Waals surface area contributed by atoms with Crippen LogP contribution in [-0.4, -0.2) is 10.2 Å². The van der Waals surface area contributed by atoms with E-state index in [2.05, 4.69) is 0 Å². The summed E-state index contributed by atoms with van der Waals surface area (Å²) in [6.07, 6.45) is 0. The highest BCUT2D eigenvalue weighted by atomic mass is 32.1. The van der Waals surface area contributed by atoms with Gasteiger partial charge in [-0.15, -0.1) is 11.3 Å². The van der Waals surface area contributed by atoms with Gasteiger partial charge in [-0.25, -0.2) is 4.39 Å². The normalized spacial score (nSPS) is 10.8. The summed E-state index contributed by atoms with van der Waals surface area (Å²) in [6, 6.07) is 13.2. The minimum absolute atomic E-state index is 0.0811. The minimum atomic E-state index is -0.439. The van der Waals surface area contributed by atoms with E-state index in [-0.39, 0.29) is 11.5 Å². The van der Waals surface area contributed by atoms with Crippen molar-refractivity contribution in [3.05, 3.63) is 59.9 Å². The van der Waals surface area contributed by atoms with E-state index < -0.39 is 5.82 Å². The number of benzene rings is 2. The second-order valence-corrected chi connectivity index (χ2v) is 5.91. The maximum Gasteiger partial charge on any atom is 0.135 e. The molecule has 2 N–H and O–H groups in total. The van der Waals surface area contributed by atoms with E-state index in [4.69, 9.17) is 0 Å². The van der Waals surface area contributed by atoms with E-state index in [0.29, 0.717) is 5.56 Å². The molecule has 2 aromatic carbocycles. The Bertz CT molecular complexity index is 742. The topological polar surface area (TPSA) is 40.5 Å². The smallest absolute Gasteiger partial charge is 0.135 e. The van der Waals surface area contributed by atoms with E-state index in [1.807, 2.05) is 25.1 Å². The molecular weight excluding hydrogens is 287 g/mol. The lowest BCUT2D eigenvalue weighted by Gasteiger charge is -2.04. The maximum atomic E-state index is 13.9. The molecule has 0 saturated heterocycles. The van der Waals surface area contributed by atoms with Gasteiger partial charge in [-0.1, -0.05) is 0 Å². The molecule has 0 amide bonds. The molecule has 0 radical (unpaired) electrons. The Balaban J connectivity index is 2.03. The van der Waals surface area contributed by atoms with Crippen LogP contribution in [0.2, 0.25) is 0 Å². The van der Waals surface area contributed by atoms with Crippen LogP contribution in [0.15, 0.2) is 48.5 Å². The second kappa shape index (κ2) is 5.22. The van der Waals surface area contributed by atoms with E-state index in [0.717, 1.165) is 26.9 Å². The summed E-state index contributed by atoms with van der Waals surface area (Å²) in [7, 11) is 0. The van der Waals surface area contributed by atoms with E-state index in [9.17, 15) is 14.6 Å². The van der Waals surface area contributed by atoms with Gasteiger partial charge in [0, 0.05) is 21.4 Å². The molecule has 1 aromatic heterocycles. The van der Waals surface area contributed by atoms with Crippen molar-refractivity contribution in [3.63, 3.8) is 0 Å². The Morgan fingerprint density at radius 2 is 1.38 bits per heavy atom. The highest BCUT2D eigenvalue weighted by Gasteiger charge is 2.11. The van der Waals surface area contributed by atoms with Gasteiger partial charge in [0.25, 0.3) is 0 Å². The van der Waals surface area contributed by atoms with Gasteiger partial charge >= 0.3 is 0 Å². The van der Waals surface area contributed by atoms with Crippen molar-refractivity contribution < 1.29 is 14.6 Å². The molecule has 0 unspecified atom stereocenters. The number of thiophene rings is 1. The number of hydrogen-bond donors (Lipinski definition) is 2. The number of aromatic hydroxyl groups is 2. The number of phenolic OH excluding ortho intramolecular Hbond substituents is 2. The van der Waals surface area contributed by atoms with E-state index >= 15 is 0 Å². The lowest BCUT2D eigenvalue weighted by atomic mass is 10.1. The van der Waals surface area contributed by atoms with Crippen molar-refractivity contribution in [1.82, 2.24) is 0 Å². The van der Waals surface area contributed by atoms with Crippen molar-refractivity contribution in [1.29, 1.82) is 0 Å². The van der Waals surface area contributed by atoms with E-state index in [1.54, 1.807) is 18.2 Å². The predicted octanol–water partition coefficient (Wildman–Crippen LogP) is 4.94. The van der Waals surface area contributed by atoms with Gasteiger partial charge in [0.2, 0.25) is 0 Å². The highest BCUT2D eigenvalue weighted by molar-refractivity contribution is 7.18. The summed E-state index contributed by atoms with van der Waals surface area (Å²) < 4.78 is 13.9. The molecule has 0 aliphatic rings. The molecule has 0 saturated carbocycles. The van der Waals surface area contributed by atoms with Gasteiger partial charge in [-0.05, 0) is 60.5 Å². The zero-order chi connectivity index (χ0) is 15.0. The van der Waals surface area contributed by atoms with Crippen LogP contribution < -0.4 is 0 Å². The van der Waals surface area contributed by atoms with Crippen molar-refractivity contribution >= 4 is 11.3 Å². The summed E-state index contributed by atoms with van der Waals surface area (Å²) in [4.78, 5) is 1.81. The van der Waals surface area contributed by atoms with Gasteiger partial charge in [-0.2, -0.15) is 0 Å². The van der Waals surface area contributed by atoms with Crippen molar-refractivity contribution in [2.45, 2.75) is 6.92 Å². The van der Waals surface area contributed by atoms with Gasteiger partial charge < -0.3 is 10.2 Å². The highest BCUT2D eigenvalue weighted by Crippen LogP contribution is 2.38. The summed E-state index contributed by atoms with van der Waals surface area (Å²) in [6.45, 7) is 1.93. The molecule has 0 bridgehead atoms. The average molecular weight is 300 g/mol.